The molecule has 104 valence electrons. The minimum atomic E-state index is -0.539. The number of benzene rings is 1. The third kappa shape index (κ3) is 4.06. The summed E-state index contributed by atoms with van der Waals surface area (Å²) in [6.45, 7) is 3.78. The normalized spacial score (nSPS) is 12.1. The van der Waals surface area contributed by atoms with E-state index in [0.29, 0.717) is 11.3 Å². The molecule has 0 spiro atoms. The van der Waals surface area contributed by atoms with Crippen molar-refractivity contribution in [2.24, 2.45) is 11.7 Å². The first-order valence-electron chi connectivity index (χ1n) is 6.21. The van der Waals surface area contributed by atoms with Crippen LogP contribution in [0.3, 0.4) is 0 Å². The van der Waals surface area contributed by atoms with E-state index in [-0.39, 0.29) is 17.7 Å². The van der Waals surface area contributed by atoms with Crippen LogP contribution in [0.15, 0.2) is 24.3 Å². The van der Waals surface area contributed by atoms with Gasteiger partial charge < -0.3 is 16.0 Å². The third-order valence-corrected chi connectivity index (χ3v) is 2.83. The zero-order chi connectivity index (χ0) is 14.6. The summed E-state index contributed by atoms with van der Waals surface area (Å²) < 4.78 is 0. The van der Waals surface area contributed by atoms with Crippen molar-refractivity contribution in [1.82, 2.24) is 4.90 Å². The second kappa shape index (κ2) is 6.33. The molecule has 1 atom stereocenters. The lowest BCUT2D eigenvalue weighted by atomic mass is 10.0. The number of carbonyl (C=O) groups is 2. The second-order valence-corrected chi connectivity index (χ2v) is 5.04. The zero-order valence-corrected chi connectivity index (χ0v) is 11.8. The number of anilines is 1. The van der Waals surface area contributed by atoms with Crippen LogP contribution in [0.1, 0.15) is 24.2 Å². The number of hydrogen-bond acceptors (Lipinski definition) is 3. The van der Waals surface area contributed by atoms with Gasteiger partial charge >= 0.3 is 0 Å². The molecule has 5 heteroatoms. The van der Waals surface area contributed by atoms with Gasteiger partial charge in [-0.25, -0.2) is 0 Å². The van der Waals surface area contributed by atoms with Crippen LogP contribution in [-0.4, -0.2) is 36.9 Å². The van der Waals surface area contributed by atoms with Gasteiger partial charge in [0.25, 0.3) is 5.91 Å². The van der Waals surface area contributed by atoms with E-state index in [9.17, 15) is 9.59 Å². The van der Waals surface area contributed by atoms with Gasteiger partial charge in [-0.1, -0.05) is 13.8 Å². The summed E-state index contributed by atoms with van der Waals surface area (Å²) in [4.78, 5) is 25.0. The van der Waals surface area contributed by atoms with Gasteiger partial charge in [-0.05, 0) is 30.2 Å². The molecule has 1 rings (SSSR count). The highest BCUT2D eigenvalue weighted by Crippen LogP contribution is 2.12. The van der Waals surface area contributed by atoms with E-state index in [1.165, 1.54) is 4.90 Å². The Morgan fingerprint density at radius 1 is 1.16 bits per heavy atom. The zero-order valence-electron chi connectivity index (χ0n) is 11.8. The predicted molar refractivity (Wildman–Crippen MR) is 75.9 cm³/mol. The number of amides is 2. The maximum absolute atomic E-state index is 11.8. The van der Waals surface area contributed by atoms with Gasteiger partial charge in [-0.15, -0.1) is 0 Å². The van der Waals surface area contributed by atoms with Crippen molar-refractivity contribution in [2.45, 2.75) is 19.9 Å². The maximum Gasteiger partial charge on any atom is 0.253 e. The van der Waals surface area contributed by atoms with Gasteiger partial charge in [0, 0.05) is 25.3 Å². The molecule has 0 radical (unpaired) electrons. The minimum absolute atomic E-state index is 0.0724. The Hall–Kier alpha value is -1.88. The Kier molecular flexibility index (Phi) is 5.06. The highest BCUT2D eigenvalue weighted by atomic mass is 16.2. The van der Waals surface area contributed by atoms with Crippen LogP contribution < -0.4 is 11.1 Å². The fourth-order valence-electron chi connectivity index (χ4n) is 1.48. The molecule has 5 nitrogen and oxygen atoms in total. The average molecular weight is 263 g/mol. The Labute approximate surface area is 113 Å². The van der Waals surface area contributed by atoms with E-state index >= 15 is 0 Å². The standard InChI is InChI=1S/C14H21N3O2/c1-9(2)12(15)13(18)16-11-7-5-10(6-8-11)14(19)17(3)4/h5-9,12H,15H2,1-4H3,(H,16,18)/t12-/m0/s1. The number of hydrogen-bond donors (Lipinski definition) is 2. The molecule has 0 unspecified atom stereocenters. The summed E-state index contributed by atoms with van der Waals surface area (Å²) in [5.41, 5.74) is 6.97. The highest BCUT2D eigenvalue weighted by molar-refractivity contribution is 5.97. The molecule has 0 saturated carbocycles. The van der Waals surface area contributed by atoms with Crippen molar-refractivity contribution in [3.8, 4) is 0 Å². The first-order chi connectivity index (χ1) is 8.82. The van der Waals surface area contributed by atoms with Gasteiger partial charge in [0.1, 0.15) is 0 Å². The maximum atomic E-state index is 11.8. The van der Waals surface area contributed by atoms with Gasteiger partial charge in [-0.3, -0.25) is 9.59 Å². The Morgan fingerprint density at radius 3 is 2.11 bits per heavy atom. The summed E-state index contributed by atoms with van der Waals surface area (Å²) in [5.74, 6) is -0.215. The van der Waals surface area contributed by atoms with Crippen LogP contribution in [-0.2, 0) is 4.79 Å². The quantitative estimate of drug-likeness (QED) is 0.860. The number of nitrogens with one attached hydrogen (secondary N) is 1. The summed E-state index contributed by atoms with van der Waals surface area (Å²) >= 11 is 0. The van der Waals surface area contributed by atoms with Crippen molar-refractivity contribution in [2.75, 3.05) is 19.4 Å². The van der Waals surface area contributed by atoms with Crippen LogP contribution in [0.2, 0.25) is 0 Å². The van der Waals surface area contributed by atoms with E-state index in [1.807, 2.05) is 13.8 Å². The SMILES string of the molecule is CC(C)[C@H](N)C(=O)Nc1ccc(C(=O)N(C)C)cc1. The molecule has 0 aliphatic heterocycles. The van der Waals surface area contributed by atoms with Crippen molar-refractivity contribution < 1.29 is 9.59 Å². The molecule has 0 fully saturated rings. The monoisotopic (exact) mass is 263 g/mol. The molecule has 19 heavy (non-hydrogen) atoms. The van der Waals surface area contributed by atoms with Gasteiger partial charge in [0.15, 0.2) is 0 Å². The number of nitrogens with zero attached hydrogens (tertiary/aromatic N) is 1. The van der Waals surface area contributed by atoms with Crippen LogP contribution in [0.4, 0.5) is 5.69 Å². The Morgan fingerprint density at radius 2 is 1.68 bits per heavy atom. The largest absolute Gasteiger partial charge is 0.345 e. The summed E-state index contributed by atoms with van der Waals surface area (Å²) in [6, 6.07) is 6.21. The van der Waals surface area contributed by atoms with Crippen molar-refractivity contribution in [3.05, 3.63) is 29.8 Å². The molecule has 0 heterocycles. The minimum Gasteiger partial charge on any atom is -0.345 e. The highest BCUT2D eigenvalue weighted by Gasteiger charge is 2.17. The second-order valence-electron chi connectivity index (χ2n) is 5.04. The summed E-state index contributed by atoms with van der Waals surface area (Å²) in [7, 11) is 3.39. The van der Waals surface area contributed by atoms with E-state index in [0.717, 1.165) is 0 Å². The first-order valence-corrected chi connectivity index (χ1v) is 6.21. The molecule has 0 bridgehead atoms. The molecular weight excluding hydrogens is 242 g/mol. The predicted octanol–water partition coefficient (Wildman–Crippen LogP) is 1.31. The average Bonchev–Trinajstić information content (AvgIpc) is 2.37. The topological polar surface area (TPSA) is 75.4 Å². The number of nitrogens with two attached hydrogens (primary N) is 1. The Balaban J connectivity index is 2.72. The van der Waals surface area contributed by atoms with Crippen LogP contribution in [0, 0.1) is 5.92 Å². The fourth-order valence-corrected chi connectivity index (χ4v) is 1.48. The lowest BCUT2D eigenvalue weighted by Gasteiger charge is -2.15. The van der Waals surface area contributed by atoms with Gasteiger partial charge in [-0.2, -0.15) is 0 Å². The van der Waals surface area contributed by atoms with Crippen LogP contribution in [0.5, 0.6) is 0 Å². The van der Waals surface area contributed by atoms with Crippen molar-refractivity contribution >= 4 is 17.5 Å². The molecular formula is C14H21N3O2. The third-order valence-electron chi connectivity index (χ3n) is 2.83. The molecule has 0 aliphatic carbocycles. The first kappa shape index (κ1) is 15.2. The van der Waals surface area contributed by atoms with Crippen LogP contribution in [0.25, 0.3) is 0 Å². The summed E-state index contributed by atoms with van der Waals surface area (Å²) in [6.07, 6.45) is 0. The van der Waals surface area contributed by atoms with E-state index in [4.69, 9.17) is 5.73 Å². The smallest absolute Gasteiger partial charge is 0.253 e. The van der Waals surface area contributed by atoms with E-state index < -0.39 is 6.04 Å². The van der Waals surface area contributed by atoms with Crippen LogP contribution >= 0.6 is 0 Å². The number of carbonyl (C=O) groups excluding carboxylic acids is 2. The Bertz CT molecular complexity index is 452. The summed E-state index contributed by atoms with van der Waals surface area (Å²) in [5, 5.41) is 2.73. The molecule has 0 saturated heterocycles. The molecule has 1 aromatic carbocycles. The van der Waals surface area contributed by atoms with E-state index in [1.54, 1.807) is 38.4 Å². The number of rotatable bonds is 4. The van der Waals surface area contributed by atoms with E-state index in [2.05, 4.69) is 5.32 Å². The molecule has 0 aromatic heterocycles. The lowest BCUT2D eigenvalue weighted by molar-refractivity contribution is -0.118. The molecule has 0 aliphatic rings. The van der Waals surface area contributed by atoms with Gasteiger partial charge in [0.05, 0.1) is 6.04 Å². The lowest BCUT2D eigenvalue weighted by Crippen LogP contribution is -2.39. The van der Waals surface area contributed by atoms with Gasteiger partial charge in [0.2, 0.25) is 5.91 Å². The van der Waals surface area contributed by atoms with Crippen molar-refractivity contribution in [3.63, 3.8) is 0 Å². The fraction of sp³-hybridized carbons (Fsp3) is 0.429. The van der Waals surface area contributed by atoms with Crippen molar-refractivity contribution in [1.29, 1.82) is 0 Å². The molecule has 3 N–H and O–H groups in total. The molecule has 2 amide bonds. The molecule has 1 aromatic rings.